The van der Waals surface area contributed by atoms with Crippen molar-refractivity contribution in [2.24, 2.45) is 17.8 Å². The maximum atomic E-state index is 2.51. The molecule has 3 aromatic rings. The quantitative estimate of drug-likeness (QED) is 0.298. The summed E-state index contributed by atoms with van der Waals surface area (Å²) in [5, 5.41) is 0. The Balaban J connectivity index is 1.88. The van der Waals surface area contributed by atoms with Gasteiger partial charge >= 0.3 is 195 Å². The predicted octanol–water partition coefficient (Wildman–Crippen LogP) is 6.95. The molecule has 0 bridgehead atoms. The molecule has 1 heteroatoms. The first kappa shape index (κ1) is 22.6. The molecule has 1 aliphatic carbocycles. The van der Waals surface area contributed by atoms with Gasteiger partial charge in [-0.3, -0.25) is 0 Å². The first-order valence-electron chi connectivity index (χ1n) is 12.3. The van der Waals surface area contributed by atoms with E-state index < -0.39 is 18.4 Å². The van der Waals surface area contributed by atoms with Crippen LogP contribution in [0.3, 0.4) is 0 Å². The summed E-state index contributed by atoms with van der Waals surface area (Å²) in [7, 11) is 0. The van der Waals surface area contributed by atoms with Crippen LogP contribution in [-0.2, 0) is 6.42 Å². The minimum atomic E-state index is -3.04. The molecular weight excluding hydrogens is 479 g/mol. The van der Waals surface area contributed by atoms with Crippen molar-refractivity contribution in [3.63, 3.8) is 0 Å². The average Bonchev–Trinajstić information content (AvgIpc) is 2.81. The van der Waals surface area contributed by atoms with Crippen LogP contribution in [0.5, 0.6) is 0 Å². The van der Waals surface area contributed by atoms with E-state index in [9.17, 15) is 0 Å². The third-order valence-corrected chi connectivity index (χ3v) is 24.1. The minimum absolute atomic E-state index is 0.762. The Labute approximate surface area is 194 Å². The van der Waals surface area contributed by atoms with Gasteiger partial charge in [-0.05, 0) is 0 Å². The first-order chi connectivity index (χ1) is 15.1. The molecule has 0 saturated heterocycles. The number of hydrogen-bond donors (Lipinski definition) is 0. The summed E-state index contributed by atoms with van der Waals surface area (Å²) in [6.07, 6.45) is 5.44. The van der Waals surface area contributed by atoms with Gasteiger partial charge in [0, 0.05) is 0 Å². The molecule has 0 heterocycles. The van der Waals surface area contributed by atoms with Gasteiger partial charge in [-0.15, -0.1) is 0 Å². The van der Waals surface area contributed by atoms with Gasteiger partial charge in [-0.2, -0.15) is 0 Å². The summed E-state index contributed by atoms with van der Waals surface area (Å²) in [5.74, 6) is 2.46. The van der Waals surface area contributed by atoms with Gasteiger partial charge in [0.15, 0.2) is 0 Å². The zero-order chi connectivity index (χ0) is 21.7. The normalized spacial score (nSPS) is 21.9. The summed E-state index contributed by atoms with van der Waals surface area (Å²) in [4.78, 5) is 0. The Morgan fingerprint density at radius 1 is 0.742 bits per heavy atom. The number of hydrogen-bond acceptors (Lipinski definition) is 0. The predicted molar refractivity (Wildman–Crippen MR) is 138 cm³/mol. The molecule has 1 aliphatic rings. The van der Waals surface area contributed by atoms with Gasteiger partial charge in [0.1, 0.15) is 0 Å². The summed E-state index contributed by atoms with van der Waals surface area (Å²) in [5.41, 5.74) is 1.50. The van der Waals surface area contributed by atoms with Crippen molar-refractivity contribution in [1.82, 2.24) is 0 Å². The monoisotopic (exact) mass is 518 g/mol. The Bertz CT molecular complexity index is 877. The SMILES string of the molecule is CC(C)[C@@H]1CC[C@@H](C)C[C@H]1[Sn]([CH2]Cc1ccccc1)([c]1ccccc1)[c]1ccccc1. The van der Waals surface area contributed by atoms with Crippen molar-refractivity contribution in [2.45, 2.75) is 54.8 Å². The molecule has 162 valence electrons. The standard InChI is InChI=1S/C10H19.C8H9.2C6H5.Sn/c1-8(2)10-6-4-9(3)5-7-10;1-2-8-6-4-3-5-7-8;2*1-2-4-6-5-3-1;/h6,8-10H,4-5,7H2,1-3H3;3-7H,1-2H2;2*1-5H;/t9-,10-;;;;/m0..../s1. The second-order valence-electron chi connectivity index (χ2n) is 10.1. The van der Waals surface area contributed by atoms with Crippen LogP contribution in [-0.4, -0.2) is 18.4 Å². The van der Waals surface area contributed by atoms with Crippen LogP contribution in [0.2, 0.25) is 8.37 Å². The molecular formula is C30H38Sn. The second kappa shape index (κ2) is 10.4. The molecule has 1 saturated carbocycles. The van der Waals surface area contributed by atoms with E-state index in [1.165, 1.54) is 35.7 Å². The van der Waals surface area contributed by atoms with E-state index in [0.717, 1.165) is 21.7 Å². The fourth-order valence-electron chi connectivity index (χ4n) is 6.30. The van der Waals surface area contributed by atoms with Gasteiger partial charge in [-0.25, -0.2) is 0 Å². The fourth-order valence-corrected chi connectivity index (χ4v) is 24.8. The Hall–Kier alpha value is -1.54. The van der Waals surface area contributed by atoms with Gasteiger partial charge in [-0.1, -0.05) is 0 Å². The second-order valence-corrected chi connectivity index (χ2v) is 22.5. The van der Waals surface area contributed by atoms with Crippen LogP contribution >= 0.6 is 0 Å². The topological polar surface area (TPSA) is 0 Å². The summed E-state index contributed by atoms with van der Waals surface area (Å²) >= 11 is -3.04. The first-order valence-corrected chi connectivity index (χ1v) is 18.8. The molecule has 0 amide bonds. The third-order valence-electron chi connectivity index (χ3n) is 7.88. The van der Waals surface area contributed by atoms with Gasteiger partial charge < -0.3 is 0 Å². The Morgan fingerprint density at radius 2 is 1.26 bits per heavy atom. The molecule has 0 spiro atoms. The van der Waals surface area contributed by atoms with Crippen molar-refractivity contribution < 1.29 is 0 Å². The Kier molecular flexibility index (Phi) is 7.59. The van der Waals surface area contributed by atoms with Crippen LogP contribution in [0.4, 0.5) is 0 Å². The number of aryl methyl sites for hydroxylation is 1. The molecule has 1 fully saturated rings. The zero-order valence-corrected chi connectivity index (χ0v) is 22.4. The molecule has 0 N–H and O–H groups in total. The van der Waals surface area contributed by atoms with Crippen LogP contribution < -0.4 is 7.16 Å². The average molecular weight is 517 g/mol. The van der Waals surface area contributed by atoms with Crippen molar-refractivity contribution in [3.8, 4) is 0 Å². The van der Waals surface area contributed by atoms with Crippen molar-refractivity contribution in [1.29, 1.82) is 0 Å². The van der Waals surface area contributed by atoms with Crippen LogP contribution in [0.1, 0.15) is 45.6 Å². The molecule has 31 heavy (non-hydrogen) atoms. The van der Waals surface area contributed by atoms with E-state index >= 15 is 0 Å². The third kappa shape index (κ3) is 4.95. The summed E-state index contributed by atoms with van der Waals surface area (Å²) in [6, 6.07) is 34.8. The Morgan fingerprint density at radius 3 is 1.77 bits per heavy atom. The fraction of sp³-hybridized carbons (Fsp3) is 0.400. The van der Waals surface area contributed by atoms with E-state index in [4.69, 9.17) is 0 Å². The molecule has 0 aromatic heterocycles. The van der Waals surface area contributed by atoms with E-state index in [1.807, 2.05) is 0 Å². The van der Waals surface area contributed by atoms with Crippen molar-refractivity contribution in [3.05, 3.63) is 96.6 Å². The van der Waals surface area contributed by atoms with Gasteiger partial charge in [0.25, 0.3) is 0 Å². The molecule has 0 radical (unpaired) electrons. The van der Waals surface area contributed by atoms with Gasteiger partial charge in [0.2, 0.25) is 0 Å². The van der Waals surface area contributed by atoms with Crippen molar-refractivity contribution >= 4 is 25.5 Å². The van der Waals surface area contributed by atoms with Gasteiger partial charge in [0.05, 0.1) is 0 Å². The summed E-state index contributed by atoms with van der Waals surface area (Å²) in [6.45, 7) is 7.47. The molecule has 4 rings (SSSR count). The molecule has 0 aliphatic heterocycles. The van der Waals surface area contributed by atoms with E-state index in [0.29, 0.717) is 0 Å². The molecule has 3 atom stereocenters. The number of rotatable bonds is 7. The molecule has 0 nitrogen and oxygen atoms in total. The van der Waals surface area contributed by atoms with Crippen molar-refractivity contribution in [2.75, 3.05) is 0 Å². The molecule has 3 aromatic carbocycles. The molecule has 0 unspecified atom stereocenters. The summed E-state index contributed by atoms with van der Waals surface area (Å²) < 4.78 is 5.66. The van der Waals surface area contributed by atoms with E-state index in [-0.39, 0.29) is 0 Å². The van der Waals surface area contributed by atoms with Crippen LogP contribution in [0, 0.1) is 17.8 Å². The zero-order valence-electron chi connectivity index (χ0n) is 19.5. The van der Waals surface area contributed by atoms with Crippen LogP contribution in [0.15, 0.2) is 91.0 Å². The van der Waals surface area contributed by atoms with Crippen LogP contribution in [0.25, 0.3) is 0 Å². The number of benzene rings is 3. The maximum absolute atomic E-state index is 3.04. The van der Waals surface area contributed by atoms with E-state index in [2.05, 4.69) is 112 Å². The van der Waals surface area contributed by atoms with E-state index in [1.54, 1.807) is 7.16 Å².